The van der Waals surface area contributed by atoms with Crippen molar-refractivity contribution in [2.75, 3.05) is 26.2 Å². The fraction of sp³-hybridized carbons (Fsp3) is 1.00. The molecule has 1 fully saturated rings. The molecule has 0 aliphatic heterocycles. The Kier molecular flexibility index (Phi) is 8.79. The average molecular weight is 283 g/mol. The molecule has 1 unspecified atom stereocenters. The lowest BCUT2D eigenvalue weighted by Gasteiger charge is -2.33. The molecule has 0 radical (unpaired) electrons. The maximum atomic E-state index is 3.85. The van der Waals surface area contributed by atoms with Crippen molar-refractivity contribution in [1.29, 1.82) is 0 Å². The van der Waals surface area contributed by atoms with Gasteiger partial charge in [-0.05, 0) is 43.6 Å². The molecule has 0 heterocycles. The average Bonchev–Trinajstić information content (AvgIpc) is 2.86. The number of nitrogens with one attached hydrogen (secondary N) is 1. The molecule has 1 saturated carbocycles. The number of hydrogen-bond acceptors (Lipinski definition) is 2. The van der Waals surface area contributed by atoms with Gasteiger partial charge in [0.25, 0.3) is 0 Å². The zero-order valence-corrected chi connectivity index (χ0v) is 14.6. The summed E-state index contributed by atoms with van der Waals surface area (Å²) in [6, 6.07) is 0.718. The first-order valence-electron chi connectivity index (χ1n) is 8.98. The Morgan fingerprint density at radius 3 is 1.95 bits per heavy atom. The lowest BCUT2D eigenvalue weighted by Crippen LogP contribution is -2.47. The summed E-state index contributed by atoms with van der Waals surface area (Å²) in [6.07, 6.45) is 7.03. The van der Waals surface area contributed by atoms with E-state index in [1.165, 1.54) is 58.3 Å². The summed E-state index contributed by atoms with van der Waals surface area (Å²) in [5.41, 5.74) is 0. The van der Waals surface area contributed by atoms with Crippen LogP contribution in [-0.4, -0.2) is 37.1 Å². The molecule has 1 aliphatic carbocycles. The van der Waals surface area contributed by atoms with E-state index in [1.807, 2.05) is 0 Å². The van der Waals surface area contributed by atoms with Gasteiger partial charge in [0.2, 0.25) is 0 Å². The molecule has 0 saturated heterocycles. The van der Waals surface area contributed by atoms with E-state index in [2.05, 4.69) is 44.8 Å². The second-order valence-corrected chi connectivity index (χ2v) is 7.61. The number of hydrogen-bond donors (Lipinski definition) is 1. The standard InChI is InChI=1S/C18H38N2/c1-6-11-19-18(17-9-7-8-10-17)14-20(12-15(2)3)13-16(4)5/h15-19H,6-14H2,1-5H3. The molecule has 0 amide bonds. The van der Waals surface area contributed by atoms with Gasteiger partial charge in [0.15, 0.2) is 0 Å². The summed E-state index contributed by atoms with van der Waals surface area (Å²) in [5.74, 6) is 2.46. The Morgan fingerprint density at radius 1 is 0.950 bits per heavy atom. The van der Waals surface area contributed by atoms with E-state index in [1.54, 1.807) is 0 Å². The van der Waals surface area contributed by atoms with Gasteiger partial charge in [0, 0.05) is 25.7 Å². The summed E-state index contributed by atoms with van der Waals surface area (Å²) >= 11 is 0. The van der Waals surface area contributed by atoms with Gasteiger partial charge >= 0.3 is 0 Å². The molecular formula is C18H38N2. The minimum absolute atomic E-state index is 0.718. The fourth-order valence-corrected chi connectivity index (χ4v) is 3.60. The molecule has 2 heteroatoms. The van der Waals surface area contributed by atoms with Crippen molar-refractivity contribution in [2.45, 2.75) is 72.8 Å². The maximum Gasteiger partial charge on any atom is 0.0223 e. The highest BCUT2D eigenvalue weighted by Gasteiger charge is 2.26. The molecular weight excluding hydrogens is 244 g/mol. The summed E-state index contributed by atoms with van der Waals surface area (Å²) in [7, 11) is 0. The first-order valence-corrected chi connectivity index (χ1v) is 8.98. The fourth-order valence-electron chi connectivity index (χ4n) is 3.60. The smallest absolute Gasteiger partial charge is 0.0223 e. The Hall–Kier alpha value is -0.0800. The lowest BCUT2D eigenvalue weighted by molar-refractivity contribution is 0.174. The van der Waals surface area contributed by atoms with Crippen molar-refractivity contribution < 1.29 is 0 Å². The molecule has 0 bridgehead atoms. The SMILES string of the molecule is CCCNC(CN(CC(C)C)CC(C)C)C1CCCC1. The largest absolute Gasteiger partial charge is 0.312 e. The van der Waals surface area contributed by atoms with Crippen molar-refractivity contribution in [2.24, 2.45) is 17.8 Å². The molecule has 0 aromatic heterocycles. The van der Waals surface area contributed by atoms with Crippen LogP contribution in [0.15, 0.2) is 0 Å². The van der Waals surface area contributed by atoms with Crippen LogP contribution in [0, 0.1) is 17.8 Å². The van der Waals surface area contributed by atoms with Gasteiger partial charge in [-0.15, -0.1) is 0 Å². The zero-order chi connectivity index (χ0) is 15.0. The normalized spacial score (nSPS) is 18.6. The van der Waals surface area contributed by atoms with E-state index in [0.29, 0.717) is 0 Å². The van der Waals surface area contributed by atoms with Crippen LogP contribution >= 0.6 is 0 Å². The molecule has 120 valence electrons. The van der Waals surface area contributed by atoms with Crippen molar-refractivity contribution in [1.82, 2.24) is 10.2 Å². The summed E-state index contributed by atoms with van der Waals surface area (Å²) in [4.78, 5) is 2.71. The Morgan fingerprint density at radius 2 is 1.50 bits per heavy atom. The molecule has 20 heavy (non-hydrogen) atoms. The Balaban J connectivity index is 2.56. The molecule has 1 rings (SSSR count). The van der Waals surface area contributed by atoms with Crippen molar-refractivity contribution in [3.05, 3.63) is 0 Å². The van der Waals surface area contributed by atoms with E-state index in [9.17, 15) is 0 Å². The molecule has 1 aliphatic rings. The van der Waals surface area contributed by atoms with Crippen molar-refractivity contribution in [3.63, 3.8) is 0 Å². The van der Waals surface area contributed by atoms with E-state index in [-0.39, 0.29) is 0 Å². The quantitative estimate of drug-likeness (QED) is 0.647. The second-order valence-electron chi connectivity index (χ2n) is 7.61. The first kappa shape index (κ1) is 18.0. The summed E-state index contributed by atoms with van der Waals surface area (Å²) < 4.78 is 0. The van der Waals surface area contributed by atoms with E-state index >= 15 is 0 Å². The van der Waals surface area contributed by atoms with Gasteiger partial charge in [-0.2, -0.15) is 0 Å². The zero-order valence-electron chi connectivity index (χ0n) is 14.6. The van der Waals surface area contributed by atoms with Crippen LogP contribution in [0.4, 0.5) is 0 Å². The van der Waals surface area contributed by atoms with Gasteiger partial charge in [-0.1, -0.05) is 47.5 Å². The Labute approximate surface area is 127 Å². The highest BCUT2D eigenvalue weighted by Crippen LogP contribution is 2.28. The summed E-state index contributed by atoms with van der Waals surface area (Å²) in [5, 5.41) is 3.85. The monoisotopic (exact) mass is 282 g/mol. The number of rotatable bonds is 10. The second kappa shape index (κ2) is 9.78. The van der Waals surface area contributed by atoms with Crippen LogP contribution in [0.5, 0.6) is 0 Å². The number of nitrogens with zero attached hydrogens (tertiary/aromatic N) is 1. The van der Waals surface area contributed by atoms with Crippen LogP contribution < -0.4 is 5.32 Å². The van der Waals surface area contributed by atoms with Gasteiger partial charge < -0.3 is 10.2 Å². The van der Waals surface area contributed by atoms with Crippen molar-refractivity contribution >= 4 is 0 Å². The lowest BCUT2D eigenvalue weighted by atomic mass is 9.96. The van der Waals surface area contributed by atoms with Gasteiger partial charge in [0.05, 0.1) is 0 Å². The van der Waals surface area contributed by atoms with Crippen LogP contribution in [0.1, 0.15) is 66.7 Å². The highest BCUT2D eigenvalue weighted by atomic mass is 15.2. The first-order chi connectivity index (χ1) is 9.52. The third kappa shape index (κ3) is 7.08. The third-order valence-corrected chi connectivity index (χ3v) is 4.33. The van der Waals surface area contributed by atoms with Crippen LogP contribution in [-0.2, 0) is 0 Å². The molecule has 2 nitrogen and oxygen atoms in total. The highest BCUT2D eigenvalue weighted by molar-refractivity contribution is 4.83. The molecule has 0 spiro atoms. The third-order valence-electron chi connectivity index (χ3n) is 4.33. The molecule has 1 N–H and O–H groups in total. The van der Waals surface area contributed by atoms with Crippen LogP contribution in [0.25, 0.3) is 0 Å². The van der Waals surface area contributed by atoms with E-state index in [4.69, 9.17) is 0 Å². The minimum Gasteiger partial charge on any atom is -0.312 e. The van der Waals surface area contributed by atoms with Gasteiger partial charge in [0.1, 0.15) is 0 Å². The van der Waals surface area contributed by atoms with Crippen molar-refractivity contribution in [3.8, 4) is 0 Å². The van der Waals surface area contributed by atoms with Crippen LogP contribution in [0.2, 0.25) is 0 Å². The topological polar surface area (TPSA) is 15.3 Å². The van der Waals surface area contributed by atoms with Gasteiger partial charge in [-0.25, -0.2) is 0 Å². The molecule has 1 atom stereocenters. The maximum absolute atomic E-state index is 3.85. The van der Waals surface area contributed by atoms with Crippen LogP contribution in [0.3, 0.4) is 0 Å². The molecule has 0 aromatic rings. The van der Waals surface area contributed by atoms with E-state index < -0.39 is 0 Å². The van der Waals surface area contributed by atoms with Gasteiger partial charge in [-0.3, -0.25) is 0 Å². The minimum atomic E-state index is 0.718. The molecule has 0 aromatic carbocycles. The van der Waals surface area contributed by atoms with E-state index in [0.717, 1.165) is 23.8 Å². The Bertz CT molecular complexity index is 222. The predicted octanol–water partition coefficient (Wildman–Crippen LogP) is 4.16. The summed E-state index contributed by atoms with van der Waals surface area (Å²) in [6.45, 7) is 16.6. The predicted molar refractivity (Wildman–Crippen MR) is 90.2 cm³/mol.